The van der Waals surface area contributed by atoms with Crippen LogP contribution in [0, 0.1) is 6.92 Å². The lowest BCUT2D eigenvalue weighted by molar-refractivity contribution is 0.602. The molecular weight excluding hydrogens is 284 g/mol. The maximum Gasteiger partial charge on any atom is 0.275 e. The van der Waals surface area contributed by atoms with Crippen molar-refractivity contribution in [1.82, 2.24) is 15.0 Å². The van der Waals surface area contributed by atoms with Crippen molar-refractivity contribution in [2.45, 2.75) is 11.1 Å². The molecule has 2 aromatic heterocycles. The molecule has 3 rings (SSSR count). The first-order valence-electron chi connectivity index (χ1n) is 5.44. The van der Waals surface area contributed by atoms with Gasteiger partial charge in [-0.3, -0.25) is 0 Å². The van der Waals surface area contributed by atoms with Crippen molar-refractivity contribution < 1.29 is 8.42 Å². The van der Waals surface area contributed by atoms with Gasteiger partial charge in [0.05, 0.1) is 22.2 Å². The Morgan fingerprint density at radius 2 is 2.11 bits per heavy atom. The van der Waals surface area contributed by atoms with Crippen LogP contribution in [0.25, 0.3) is 11.0 Å². The molecule has 1 aromatic carbocycles. The van der Waals surface area contributed by atoms with Crippen molar-refractivity contribution in [1.29, 1.82) is 0 Å². The molecule has 0 saturated carbocycles. The predicted octanol–water partition coefficient (Wildman–Crippen LogP) is 2.13. The summed E-state index contributed by atoms with van der Waals surface area (Å²) in [5, 5.41) is 0.699. The number of thiazole rings is 1. The van der Waals surface area contributed by atoms with E-state index in [2.05, 4.69) is 19.7 Å². The summed E-state index contributed by atoms with van der Waals surface area (Å²) in [5.41, 5.74) is 1.49. The fourth-order valence-corrected chi connectivity index (χ4v) is 3.72. The van der Waals surface area contributed by atoms with Gasteiger partial charge in [-0.25, -0.2) is 23.1 Å². The third-order valence-corrected chi connectivity index (χ3v) is 5.20. The largest absolute Gasteiger partial charge is 0.323 e. The summed E-state index contributed by atoms with van der Waals surface area (Å²) >= 11 is 1.12. The maximum atomic E-state index is 12.1. The van der Waals surface area contributed by atoms with Crippen LogP contribution in [0.5, 0.6) is 0 Å². The Bertz CT molecular complexity index is 802. The molecule has 0 aliphatic rings. The molecule has 0 spiro atoms. The Balaban J connectivity index is 1.96. The number of H-pyrrole nitrogens is 1. The SMILES string of the molecule is Cc1ncc(S(=O)(=O)Nc2nc3ccccc3[nH]2)s1. The highest BCUT2D eigenvalue weighted by Crippen LogP contribution is 2.21. The van der Waals surface area contributed by atoms with Gasteiger partial charge in [0.2, 0.25) is 5.95 Å². The third-order valence-electron chi connectivity index (χ3n) is 2.49. The fourth-order valence-electron chi connectivity index (χ4n) is 1.64. The second-order valence-electron chi connectivity index (χ2n) is 3.91. The Morgan fingerprint density at radius 3 is 2.79 bits per heavy atom. The van der Waals surface area contributed by atoms with Crippen molar-refractivity contribution in [3.63, 3.8) is 0 Å². The number of fused-ring (bicyclic) bond motifs is 1. The van der Waals surface area contributed by atoms with E-state index in [1.54, 1.807) is 13.0 Å². The number of para-hydroxylation sites is 2. The number of anilines is 1. The van der Waals surface area contributed by atoms with Gasteiger partial charge in [0.15, 0.2) is 4.21 Å². The molecule has 0 saturated heterocycles. The third kappa shape index (κ3) is 2.32. The number of aryl methyl sites for hydroxylation is 1. The number of nitrogens with one attached hydrogen (secondary N) is 2. The maximum absolute atomic E-state index is 12.1. The lowest BCUT2D eigenvalue weighted by Gasteiger charge is -2.00. The molecule has 0 bridgehead atoms. The van der Waals surface area contributed by atoms with E-state index in [0.717, 1.165) is 16.9 Å². The number of hydrogen-bond donors (Lipinski definition) is 2. The molecule has 0 atom stereocenters. The minimum absolute atomic E-state index is 0.172. The molecule has 19 heavy (non-hydrogen) atoms. The average molecular weight is 294 g/mol. The zero-order chi connectivity index (χ0) is 13.5. The molecular formula is C11H10N4O2S2. The molecule has 8 heteroatoms. The summed E-state index contributed by atoms with van der Waals surface area (Å²) in [5.74, 6) is 0.201. The van der Waals surface area contributed by atoms with Crippen LogP contribution < -0.4 is 4.72 Å². The topological polar surface area (TPSA) is 87.7 Å². The van der Waals surface area contributed by atoms with Crippen molar-refractivity contribution in [2.24, 2.45) is 0 Å². The molecule has 0 unspecified atom stereocenters. The molecule has 0 amide bonds. The Morgan fingerprint density at radius 1 is 1.32 bits per heavy atom. The average Bonchev–Trinajstić information content (AvgIpc) is 2.94. The van der Waals surface area contributed by atoms with Gasteiger partial charge in [0, 0.05) is 0 Å². The quantitative estimate of drug-likeness (QED) is 0.774. The molecule has 0 aliphatic heterocycles. The summed E-state index contributed by atoms with van der Waals surface area (Å²) in [6, 6.07) is 7.33. The molecule has 2 heterocycles. The predicted molar refractivity (Wildman–Crippen MR) is 73.8 cm³/mol. The van der Waals surface area contributed by atoms with Crippen LogP contribution >= 0.6 is 11.3 Å². The van der Waals surface area contributed by atoms with Crippen LogP contribution in [-0.2, 0) is 10.0 Å². The number of rotatable bonds is 3. The molecule has 98 valence electrons. The summed E-state index contributed by atoms with van der Waals surface area (Å²) in [6.45, 7) is 1.75. The number of nitrogens with zero attached hydrogens (tertiary/aromatic N) is 2. The molecule has 0 fully saturated rings. The Labute approximate surface area is 113 Å². The van der Waals surface area contributed by atoms with E-state index in [1.165, 1.54) is 6.20 Å². The lowest BCUT2D eigenvalue weighted by Crippen LogP contribution is -2.12. The summed E-state index contributed by atoms with van der Waals surface area (Å²) in [7, 11) is -3.63. The van der Waals surface area contributed by atoms with Crippen LogP contribution in [0.2, 0.25) is 0 Å². The number of hydrogen-bond acceptors (Lipinski definition) is 5. The summed E-state index contributed by atoms with van der Waals surface area (Å²) in [6.07, 6.45) is 1.34. The van der Waals surface area contributed by atoms with Crippen molar-refractivity contribution in [2.75, 3.05) is 4.72 Å². The van der Waals surface area contributed by atoms with Gasteiger partial charge < -0.3 is 4.98 Å². The standard InChI is InChI=1S/C11H10N4O2S2/c1-7-12-6-10(18-7)19(16,17)15-11-13-8-4-2-3-5-9(8)14-11/h2-6H,1H3,(H2,13,14,15). The van der Waals surface area contributed by atoms with Gasteiger partial charge in [-0.15, -0.1) is 11.3 Å². The summed E-state index contributed by atoms with van der Waals surface area (Å²) < 4.78 is 26.8. The monoisotopic (exact) mass is 294 g/mol. The summed E-state index contributed by atoms with van der Waals surface area (Å²) in [4.78, 5) is 11.0. The Kier molecular flexibility index (Phi) is 2.76. The highest BCUT2D eigenvalue weighted by molar-refractivity contribution is 7.94. The van der Waals surface area contributed by atoms with E-state index >= 15 is 0 Å². The van der Waals surface area contributed by atoms with Gasteiger partial charge in [0.25, 0.3) is 10.0 Å². The molecule has 2 N–H and O–H groups in total. The molecule has 6 nitrogen and oxygen atoms in total. The van der Waals surface area contributed by atoms with Crippen LogP contribution in [0.4, 0.5) is 5.95 Å². The zero-order valence-electron chi connectivity index (χ0n) is 9.91. The van der Waals surface area contributed by atoms with Gasteiger partial charge in [-0.05, 0) is 19.1 Å². The minimum atomic E-state index is -3.63. The van der Waals surface area contributed by atoms with E-state index in [4.69, 9.17) is 0 Å². The van der Waals surface area contributed by atoms with Crippen LogP contribution in [0.15, 0.2) is 34.7 Å². The molecule has 0 radical (unpaired) electrons. The van der Waals surface area contributed by atoms with E-state index in [0.29, 0.717) is 10.5 Å². The van der Waals surface area contributed by atoms with Crippen LogP contribution in [0.3, 0.4) is 0 Å². The van der Waals surface area contributed by atoms with E-state index in [-0.39, 0.29) is 10.2 Å². The van der Waals surface area contributed by atoms with Crippen LogP contribution in [-0.4, -0.2) is 23.4 Å². The van der Waals surface area contributed by atoms with Crippen molar-refractivity contribution in [3.05, 3.63) is 35.5 Å². The highest BCUT2D eigenvalue weighted by Gasteiger charge is 2.18. The second kappa shape index (κ2) is 4.32. The van der Waals surface area contributed by atoms with Crippen molar-refractivity contribution >= 4 is 38.3 Å². The number of imidazole rings is 1. The first kappa shape index (κ1) is 12.1. The van der Waals surface area contributed by atoms with Crippen LogP contribution in [0.1, 0.15) is 5.01 Å². The Hall–Kier alpha value is -1.93. The zero-order valence-corrected chi connectivity index (χ0v) is 11.5. The van der Waals surface area contributed by atoms with Gasteiger partial charge >= 0.3 is 0 Å². The first-order chi connectivity index (χ1) is 9.04. The number of benzene rings is 1. The lowest BCUT2D eigenvalue weighted by atomic mass is 10.3. The highest BCUT2D eigenvalue weighted by atomic mass is 32.2. The number of sulfonamides is 1. The molecule has 0 aliphatic carbocycles. The van der Waals surface area contributed by atoms with Gasteiger partial charge in [-0.2, -0.15) is 0 Å². The minimum Gasteiger partial charge on any atom is -0.323 e. The van der Waals surface area contributed by atoms with E-state index < -0.39 is 10.0 Å². The van der Waals surface area contributed by atoms with E-state index in [9.17, 15) is 8.42 Å². The second-order valence-corrected chi connectivity index (χ2v) is 7.05. The molecule has 3 aromatic rings. The number of aromatic amines is 1. The van der Waals surface area contributed by atoms with Crippen molar-refractivity contribution in [3.8, 4) is 0 Å². The normalized spacial score (nSPS) is 11.8. The fraction of sp³-hybridized carbons (Fsp3) is 0.0909. The van der Waals surface area contributed by atoms with Gasteiger partial charge in [0.1, 0.15) is 0 Å². The van der Waals surface area contributed by atoms with E-state index in [1.807, 2.05) is 18.2 Å². The van der Waals surface area contributed by atoms with Gasteiger partial charge in [-0.1, -0.05) is 12.1 Å². The number of aromatic nitrogens is 3. The smallest absolute Gasteiger partial charge is 0.275 e. The first-order valence-corrected chi connectivity index (χ1v) is 7.74.